The molecular weight excluding hydrogens is 196 g/mol. The maximum Gasteiger partial charge on any atom is 0.274 e. The summed E-state index contributed by atoms with van der Waals surface area (Å²) in [6.07, 6.45) is 3.15. The van der Waals surface area contributed by atoms with Gasteiger partial charge in [-0.3, -0.25) is 9.89 Å². The third-order valence-electron chi connectivity index (χ3n) is 1.83. The zero-order chi connectivity index (χ0) is 10.7. The Morgan fingerprint density at radius 2 is 2.20 bits per heavy atom. The quantitative estimate of drug-likeness (QED) is 0.773. The summed E-state index contributed by atoms with van der Waals surface area (Å²) in [6, 6.07) is 3.15. The van der Waals surface area contributed by atoms with Crippen molar-refractivity contribution >= 4 is 0 Å². The van der Waals surface area contributed by atoms with E-state index in [4.69, 9.17) is 4.74 Å². The smallest absolute Gasteiger partial charge is 0.274 e. The fourth-order valence-corrected chi connectivity index (χ4v) is 1.23. The van der Waals surface area contributed by atoms with Crippen LogP contribution < -0.4 is 5.56 Å². The van der Waals surface area contributed by atoms with Crippen LogP contribution in [0.2, 0.25) is 0 Å². The van der Waals surface area contributed by atoms with Crippen molar-refractivity contribution in [2.45, 2.75) is 6.61 Å². The molecule has 0 saturated carbocycles. The zero-order valence-electron chi connectivity index (χ0n) is 8.17. The van der Waals surface area contributed by atoms with E-state index >= 15 is 0 Å². The third kappa shape index (κ3) is 1.94. The molecule has 15 heavy (non-hydrogen) atoms. The number of hydrogen-bond donors (Lipinski definition) is 1. The predicted octanol–water partition coefficient (Wildman–Crippen LogP) is 0.102. The van der Waals surface area contributed by atoms with Crippen LogP contribution in [-0.2, 0) is 11.3 Å². The molecule has 78 valence electrons. The van der Waals surface area contributed by atoms with Crippen LogP contribution in [0.25, 0.3) is 5.95 Å². The highest BCUT2D eigenvalue weighted by atomic mass is 16.5. The van der Waals surface area contributed by atoms with Crippen LogP contribution in [0.4, 0.5) is 0 Å². The van der Waals surface area contributed by atoms with Crippen molar-refractivity contribution in [2.24, 2.45) is 0 Å². The Morgan fingerprint density at radius 1 is 1.47 bits per heavy atom. The number of aromatic nitrogens is 4. The van der Waals surface area contributed by atoms with Gasteiger partial charge in [0.05, 0.1) is 12.3 Å². The molecule has 2 heterocycles. The molecule has 0 bridgehead atoms. The Kier molecular flexibility index (Phi) is 2.59. The topological polar surface area (TPSA) is 72.8 Å². The van der Waals surface area contributed by atoms with Crippen LogP contribution in [0.5, 0.6) is 0 Å². The maximum absolute atomic E-state index is 11.5. The van der Waals surface area contributed by atoms with Gasteiger partial charge in [0.15, 0.2) is 0 Å². The minimum Gasteiger partial charge on any atom is -0.378 e. The normalized spacial score (nSPS) is 10.5. The van der Waals surface area contributed by atoms with Gasteiger partial charge in [0.25, 0.3) is 11.5 Å². The maximum atomic E-state index is 11.5. The number of aromatic amines is 1. The second-order valence-electron chi connectivity index (χ2n) is 2.94. The Hall–Kier alpha value is -1.95. The number of ether oxygens (including phenoxy) is 1. The Labute approximate surface area is 85.5 Å². The molecule has 0 spiro atoms. The van der Waals surface area contributed by atoms with E-state index in [9.17, 15) is 4.79 Å². The summed E-state index contributed by atoms with van der Waals surface area (Å²) in [7, 11) is 1.56. The molecule has 6 heteroatoms. The first-order valence-corrected chi connectivity index (χ1v) is 4.38. The molecule has 2 aromatic rings. The van der Waals surface area contributed by atoms with Crippen LogP contribution in [0.1, 0.15) is 5.69 Å². The van der Waals surface area contributed by atoms with Gasteiger partial charge in [-0.05, 0) is 6.07 Å². The van der Waals surface area contributed by atoms with Crippen LogP contribution in [-0.4, -0.2) is 26.9 Å². The van der Waals surface area contributed by atoms with Gasteiger partial charge in [0.1, 0.15) is 0 Å². The van der Waals surface area contributed by atoms with Crippen molar-refractivity contribution in [3.63, 3.8) is 0 Å². The highest BCUT2D eigenvalue weighted by Gasteiger charge is 2.05. The number of methoxy groups -OCH3 is 1. The number of nitrogens with one attached hydrogen (secondary N) is 1. The van der Waals surface area contributed by atoms with Crippen LogP contribution in [0, 0.1) is 0 Å². The highest BCUT2D eigenvalue weighted by Crippen LogP contribution is 1.96. The Balaban J connectivity index is 2.41. The molecule has 0 saturated heterocycles. The summed E-state index contributed by atoms with van der Waals surface area (Å²) in [6.45, 7) is 0.356. The largest absolute Gasteiger partial charge is 0.378 e. The second-order valence-corrected chi connectivity index (χ2v) is 2.94. The van der Waals surface area contributed by atoms with E-state index in [1.54, 1.807) is 25.6 Å². The molecule has 0 atom stereocenters. The van der Waals surface area contributed by atoms with Gasteiger partial charge in [-0.2, -0.15) is 4.68 Å². The summed E-state index contributed by atoms with van der Waals surface area (Å²) in [4.78, 5) is 19.4. The molecule has 0 fully saturated rings. The fraction of sp³-hybridized carbons (Fsp3) is 0.222. The van der Waals surface area contributed by atoms with E-state index in [2.05, 4.69) is 15.1 Å². The molecule has 1 N–H and O–H groups in total. The summed E-state index contributed by atoms with van der Waals surface area (Å²) >= 11 is 0. The molecule has 0 unspecified atom stereocenters. The summed E-state index contributed by atoms with van der Waals surface area (Å²) < 4.78 is 6.18. The summed E-state index contributed by atoms with van der Waals surface area (Å²) in [5.41, 5.74) is 0.489. The third-order valence-corrected chi connectivity index (χ3v) is 1.83. The average molecular weight is 206 g/mol. The van der Waals surface area contributed by atoms with Crippen molar-refractivity contribution in [3.05, 3.63) is 40.6 Å². The van der Waals surface area contributed by atoms with E-state index in [1.165, 1.54) is 10.7 Å². The predicted molar refractivity (Wildman–Crippen MR) is 52.7 cm³/mol. The minimum atomic E-state index is -0.201. The van der Waals surface area contributed by atoms with Gasteiger partial charge in [0.2, 0.25) is 0 Å². The molecule has 6 nitrogen and oxygen atoms in total. The van der Waals surface area contributed by atoms with Crippen molar-refractivity contribution in [1.29, 1.82) is 0 Å². The molecule has 2 aromatic heterocycles. The summed E-state index contributed by atoms with van der Waals surface area (Å²) in [5.74, 6) is 0.324. The van der Waals surface area contributed by atoms with Crippen LogP contribution in [0.15, 0.2) is 29.3 Å². The molecule has 0 aliphatic heterocycles. The fourth-order valence-electron chi connectivity index (χ4n) is 1.23. The average Bonchev–Trinajstić information content (AvgIpc) is 2.61. The van der Waals surface area contributed by atoms with E-state index < -0.39 is 0 Å². The van der Waals surface area contributed by atoms with Crippen molar-refractivity contribution < 1.29 is 4.74 Å². The first-order valence-electron chi connectivity index (χ1n) is 4.38. The molecule has 0 amide bonds. The van der Waals surface area contributed by atoms with E-state index in [0.29, 0.717) is 18.2 Å². The van der Waals surface area contributed by atoms with E-state index in [-0.39, 0.29) is 5.56 Å². The molecular formula is C9H10N4O2. The number of hydrogen-bond acceptors (Lipinski definition) is 4. The number of nitrogens with zero attached hydrogens (tertiary/aromatic N) is 3. The monoisotopic (exact) mass is 206 g/mol. The SMILES string of the molecule is COCc1cc(=O)n(-c2ncccn2)[nH]1. The lowest BCUT2D eigenvalue weighted by Gasteiger charge is -1.98. The first-order chi connectivity index (χ1) is 7.31. The van der Waals surface area contributed by atoms with E-state index in [1.807, 2.05) is 0 Å². The second kappa shape index (κ2) is 4.05. The van der Waals surface area contributed by atoms with Gasteiger partial charge in [-0.25, -0.2) is 9.97 Å². The molecule has 0 aliphatic carbocycles. The minimum absolute atomic E-state index is 0.201. The Bertz CT molecular complexity index is 488. The van der Waals surface area contributed by atoms with Crippen LogP contribution in [0.3, 0.4) is 0 Å². The number of rotatable bonds is 3. The molecule has 0 radical (unpaired) electrons. The number of H-pyrrole nitrogens is 1. The standard InChI is InChI=1S/C9H10N4O2/c1-15-6-7-5-8(14)13(12-7)9-10-3-2-4-11-9/h2-5,12H,6H2,1H3. The lowest BCUT2D eigenvalue weighted by Crippen LogP contribution is -2.16. The van der Waals surface area contributed by atoms with Gasteiger partial charge >= 0.3 is 0 Å². The van der Waals surface area contributed by atoms with Crippen molar-refractivity contribution in [2.75, 3.05) is 7.11 Å². The zero-order valence-corrected chi connectivity index (χ0v) is 8.17. The lowest BCUT2D eigenvalue weighted by molar-refractivity contribution is 0.181. The molecule has 0 aromatic carbocycles. The van der Waals surface area contributed by atoms with E-state index in [0.717, 1.165) is 0 Å². The van der Waals surface area contributed by atoms with Gasteiger partial charge in [-0.15, -0.1) is 0 Å². The van der Waals surface area contributed by atoms with Crippen LogP contribution >= 0.6 is 0 Å². The van der Waals surface area contributed by atoms with Gasteiger partial charge < -0.3 is 4.74 Å². The van der Waals surface area contributed by atoms with Gasteiger partial charge in [-0.1, -0.05) is 0 Å². The lowest BCUT2D eigenvalue weighted by atomic mass is 10.5. The summed E-state index contributed by atoms with van der Waals surface area (Å²) in [5, 5.41) is 2.85. The molecule has 2 rings (SSSR count). The highest BCUT2D eigenvalue weighted by molar-refractivity contribution is 5.11. The molecule has 0 aliphatic rings. The van der Waals surface area contributed by atoms with Crippen molar-refractivity contribution in [3.8, 4) is 5.95 Å². The van der Waals surface area contributed by atoms with Gasteiger partial charge in [0, 0.05) is 25.6 Å². The first kappa shape index (κ1) is 9.60. The van der Waals surface area contributed by atoms with Crippen molar-refractivity contribution in [1.82, 2.24) is 19.7 Å². The Morgan fingerprint density at radius 3 is 2.87 bits per heavy atom.